The molecule has 0 aromatic heterocycles. The molecule has 3 rings (SSSR count). The second-order valence-electron chi connectivity index (χ2n) is 7.01. The highest BCUT2D eigenvalue weighted by Crippen LogP contribution is 2.39. The Hall–Kier alpha value is -2.32. The van der Waals surface area contributed by atoms with Gasteiger partial charge >= 0.3 is 0 Å². The molecule has 2 aliphatic carbocycles. The van der Waals surface area contributed by atoms with E-state index in [0.29, 0.717) is 34.6 Å². The minimum atomic E-state index is -0.479. The number of hydrogen-bond acceptors (Lipinski definition) is 6. The molecule has 1 amide bonds. The van der Waals surface area contributed by atoms with E-state index in [-0.39, 0.29) is 4.91 Å². The van der Waals surface area contributed by atoms with Gasteiger partial charge in [-0.25, -0.2) is 4.39 Å². The van der Waals surface area contributed by atoms with Crippen molar-refractivity contribution in [2.24, 2.45) is 22.7 Å². The molecule has 0 spiro atoms. The average Bonchev–Trinajstić information content (AvgIpc) is 3.48. The van der Waals surface area contributed by atoms with Crippen LogP contribution in [0.5, 0.6) is 0 Å². The van der Waals surface area contributed by atoms with Gasteiger partial charge in [0.15, 0.2) is 0 Å². The van der Waals surface area contributed by atoms with Crippen LogP contribution in [0, 0.1) is 23.1 Å². The average molecular weight is 390 g/mol. The number of hydrogen-bond donors (Lipinski definition) is 5. The van der Waals surface area contributed by atoms with E-state index in [2.05, 4.69) is 10.6 Å². The molecule has 0 radical (unpaired) electrons. The summed E-state index contributed by atoms with van der Waals surface area (Å²) < 4.78 is 14.5. The van der Waals surface area contributed by atoms with Crippen LogP contribution in [-0.2, 0) is 4.79 Å². The van der Waals surface area contributed by atoms with Crippen molar-refractivity contribution in [1.82, 2.24) is 0 Å². The first-order chi connectivity index (χ1) is 12.9. The van der Waals surface area contributed by atoms with E-state index in [0.717, 1.165) is 43.3 Å². The van der Waals surface area contributed by atoms with Gasteiger partial charge in [-0.2, -0.15) is 0 Å². The predicted molar refractivity (Wildman–Crippen MR) is 109 cm³/mol. The van der Waals surface area contributed by atoms with Crippen LogP contribution >= 0.6 is 11.9 Å². The highest BCUT2D eigenvalue weighted by Gasteiger charge is 2.30. The molecule has 0 aliphatic heterocycles. The third-order valence-electron chi connectivity index (χ3n) is 4.53. The summed E-state index contributed by atoms with van der Waals surface area (Å²) in [6.07, 6.45) is 6.09. The van der Waals surface area contributed by atoms with Crippen LogP contribution in [0.1, 0.15) is 32.6 Å². The van der Waals surface area contributed by atoms with Gasteiger partial charge in [-0.05, 0) is 74.7 Å². The lowest BCUT2D eigenvalue weighted by atomic mass is 10.1. The number of amides is 1. The summed E-state index contributed by atoms with van der Waals surface area (Å²) in [6.45, 7) is 1.58. The molecular weight excluding hydrogens is 365 g/mol. The summed E-state index contributed by atoms with van der Waals surface area (Å²) in [5, 5.41) is 19.3. The first-order valence-corrected chi connectivity index (χ1v) is 9.78. The number of anilines is 2. The third kappa shape index (κ3) is 5.11. The monoisotopic (exact) mass is 389 g/mol. The molecule has 144 valence electrons. The quantitative estimate of drug-likeness (QED) is 0.264. The molecule has 6 nitrogen and oxygen atoms in total. The number of benzene rings is 1. The summed E-state index contributed by atoms with van der Waals surface area (Å²) in [4.78, 5) is 12.3. The van der Waals surface area contributed by atoms with Crippen LogP contribution in [0.15, 0.2) is 40.6 Å². The Labute approximate surface area is 162 Å². The standard InChI is InChI=1S/C19H24FN5OS/c1-10(21)18(27-23)19(26)24-13-6-7-16(14(20)8-13)25-17(12-4-5-12)9-15(22)11-2-3-11/h6-9,11-12,22,25H,2-5,21,23H2,1H3,(H,24,26)/b17-9-,18-10-,22-15?. The summed E-state index contributed by atoms with van der Waals surface area (Å²) >= 11 is 0.753. The molecule has 0 unspecified atom stereocenters. The molecule has 1 aromatic rings. The van der Waals surface area contributed by atoms with E-state index >= 15 is 0 Å². The van der Waals surface area contributed by atoms with Gasteiger partial charge in [-0.3, -0.25) is 9.93 Å². The Morgan fingerprint density at radius 3 is 2.44 bits per heavy atom. The number of nitrogens with one attached hydrogen (secondary N) is 3. The Bertz CT molecular complexity index is 823. The van der Waals surface area contributed by atoms with Gasteiger partial charge in [-0.15, -0.1) is 0 Å². The minimum absolute atomic E-state index is 0.190. The number of allylic oxidation sites excluding steroid dienone is 3. The number of carbonyl (C=O) groups excluding carboxylic acids is 1. The zero-order valence-electron chi connectivity index (χ0n) is 15.1. The molecule has 0 bridgehead atoms. The fourth-order valence-electron chi connectivity index (χ4n) is 2.69. The van der Waals surface area contributed by atoms with Gasteiger partial charge in [0.1, 0.15) is 10.7 Å². The Morgan fingerprint density at radius 2 is 1.93 bits per heavy atom. The summed E-state index contributed by atoms with van der Waals surface area (Å²) in [5.41, 5.74) is 8.08. The molecule has 27 heavy (non-hydrogen) atoms. The molecule has 2 saturated carbocycles. The topological polar surface area (TPSA) is 117 Å². The van der Waals surface area contributed by atoms with E-state index < -0.39 is 11.7 Å². The molecule has 0 saturated heterocycles. The predicted octanol–water partition coefficient (Wildman–Crippen LogP) is 3.70. The summed E-state index contributed by atoms with van der Waals surface area (Å²) in [7, 11) is 0. The second-order valence-corrected chi connectivity index (χ2v) is 7.65. The normalized spacial score (nSPS) is 18.0. The SMILES string of the molecule is C/C(N)=C(/SN)C(=O)Nc1ccc(N/C(=C\C(=N)C2CC2)C2CC2)c(F)c1. The molecule has 2 aliphatic rings. The van der Waals surface area contributed by atoms with Crippen LogP contribution in [0.3, 0.4) is 0 Å². The number of nitrogens with two attached hydrogens (primary N) is 2. The molecule has 8 heteroatoms. The number of carbonyl (C=O) groups is 1. The first-order valence-electron chi connectivity index (χ1n) is 8.90. The van der Waals surface area contributed by atoms with Crippen LogP contribution in [0.4, 0.5) is 15.8 Å². The summed E-state index contributed by atoms with van der Waals surface area (Å²) in [5.74, 6) is -0.229. The van der Waals surface area contributed by atoms with Crippen LogP contribution in [-0.4, -0.2) is 11.6 Å². The lowest BCUT2D eigenvalue weighted by molar-refractivity contribution is -0.112. The number of rotatable bonds is 8. The maximum absolute atomic E-state index is 14.5. The van der Waals surface area contributed by atoms with E-state index in [1.807, 2.05) is 6.08 Å². The lowest BCUT2D eigenvalue weighted by Gasteiger charge is -2.13. The largest absolute Gasteiger partial charge is 0.401 e. The van der Waals surface area contributed by atoms with Crippen molar-refractivity contribution in [3.8, 4) is 0 Å². The fraction of sp³-hybridized carbons (Fsp3) is 0.368. The first kappa shape index (κ1) is 19.4. The Kier molecular flexibility index (Phi) is 5.86. The zero-order valence-corrected chi connectivity index (χ0v) is 16.0. The third-order valence-corrected chi connectivity index (χ3v) is 5.28. The van der Waals surface area contributed by atoms with Crippen LogP contribution in [0.2, 0.25) is 0 Å². The van der Waals surface area contributed by atoms with E-state index in [4.69, 9.17) is 16.3 Å². The van der Waals surface area contributed by atoms with Crippen LogP contribution in [0.25, 0.3) is 0 Å². The Balaban J connectivity index is 1.71. The van der Waals surface area contributed by atoms with Gasteiger partial charge in [0, 0.05) is 28.7 Å². The molecule has 2 fully saturated rings. The Morgan fingerprint density at radius 1 is 1.26 bits per heavy atom. The molecule has 7 N–H and O–H groups in total. The molecular formula is C19H24FN5OS. The number of halogens is 1. The highest BCUT2D eigenvalue weighted by atomic mass is 32.2. The maximum Gasteiger partial charge on any atom is 0.265 e. The van der Waals surface area contributed by atoms with Crippen molar-refractivity contribution in [2.75, 3.05) is 10.6 Å². The van der Waals surface area contributed by atoms with Crippen molar-refractivity contribution >= 4 is 34.9 Å². The van der Waals surface area contributed by atoms with Crippen molar-refractivity contribution < 1.29 is 9.18 Å². The summed E-state index contributed by atoms with van der Waals surface area (Å²) in [6, 6.07) is 4.45. The van der Waals surface area contributed by atoms with Gasteiger partial charge in [0.05, 0.1) is 5.69 Å². The minimum Gasteiger partial charge on any atom is -0.401 e. The van der Waals surface area contributed by atoms with Gasteiger partial charge in [0.2, 0.25) is 0 Å². The van der Waals surface area contributed by atoms with Gasteiger partial charge in [0.25, 0.3) is 5.91 Å². The van der Waals surface area contributed by atoms with Gasteiger partial charge < -0.3 is 21.8 Å². The maximum atomic E-state index is 14.5. The fourth-order valence-corrected chi connectivity index (χ4v) is 3.04. The molecule has 1 aromatic carbocycles. The van der Waals surface area contributed by atoms with Crippen LogP contribution < -0.4 is 21.5 Å². The molecule has 0 heterocycles. The molecule has 0 atom stereocenters. The van der Waals surface area contributed by atoms with E-state index in [1.165, 1.54) is 6.07 Å². The van der Waals surface area contributed by atoms with Gasteiger partial charge in [-0.1, -0.05) is 0 Å². The lowest BCUT2D eigenvalue weighted by Crippen LogP contribution is -2.17. The zero-order chi connectivity index (χ0) is 19.6. The smallest absolute Gasteiger partial charge is 0.265 e. The van der Waals surface area contributed by atoms with E-state index in [9.17, 15) is 9.18 Å². The van der Waals surface area contributed by atoms with Crippen molar-refractivity contribution in [3.63, 3.8) is 0 Å². The van der Waals surface area contributed by atoms with Crippen molar-refractivity contribution in [3.05, 3.63) is 46.4 Å². The van der Waals surface area contributed by atoms with Crippen molar-refractivity contribution in [1.29, 1.82) is 5.41 Å². The second kappa shape index (κ2) is 8.14. The van der Waals surface area contributed by atoms with E-state index in [1.54, 1.807) is 19.1 Å². The van der Waals surface area contributed by atoms with Crippen molar-refractivity contribution in [2.45, 2.75) is 32.6 Å². The highest BCUT2D eigenvalue weighted by molar-refractivity contribution is 8.01.